The molecule has 24 heavy (non-hydrogen) atoms. The number of methoxy groups -OCH3 is 1. The van der Waals surface area contributed by atoms with E-state index in [2.05, 4.69) is 27.9 Å². The lowest BCUT2D eigenvalue weighted by molar-refractivity contribution is -0.119. The summed E-state index contributed by atoms with van der Waals surface area (Å²) in [5, 5.41) is 9.26. The van der Waals surface area contributed by atoms with Gasteiger partial charge in [-0.3, -0.25) is 4.79 Å². The third-order valence-corrected chi connectivity index (χ3v) is 3.45. The number of amides is 1. The molecule has 0 saturated carbocycles. The fourth-order valence-electron chi connectivity index (χ4n) is 2.07. The molecule has 0 atom stereocenters. The van der Waals surface area contributed by atoms with E-state index in [4.69, 9.17) is 4.74 Å². The third-order valence-electron chi connectivity index (χ3n) is 3.45. The number of guanidine groups is 1. The minimum atomic E-state index is -0.100. The number of hydrogen-bond donors (Lipinski definition) is 3. The number of ether oxygens (including phenoxy) is 1. The minimum absolute atomic E-state index is 0.100. The van der Waals surface area contributed by atoms with Crippen LogP contribution >= 0.6 is 0 Å². The van der Waals surface area contributed by atoms with Crippen molar-refractivity contribution in [3.63, 3.8) is 0 Å². The van der Waals surface area contributed by atoms with Gasteiger partial charge in [0, 0.05) is 19.6 Å². The second-order valence-corrected chi connectivity index (χ2v) is 5.45. The number of aliphatic imine (C=N–C) groups is 1. The molecule has 0 saturated heterocycles. The summed E-state index contributed by atoms with van der Waals surface area (Å²) < 4.78 is 5.11. The number of unbranched alkanes of at least 4 members (excludes halogenated alkanes) is 2. The Balaban J connectivity index is 2.36. The van der Waals surface area contributed by atoms with Crippen LogP contribution in [0.25, 0.3) is 0 Å². The van der Waals surface area contributed by atoms with Crippen LogP contribution in [0.15, 0.2) is 29.3 Å². The van der Waals surface area contributed by atoms with E-state index in [0.717, 1.165) is 30.8 Å². The van der Waals surface area contributed by atoms with Crippen molar-refractivity contribution in [1.82, 2.24) is 16.0 Å². The standard InChI is InChI=1S/C18H30N4O2/c1-4-6-7-12-20-18(19-5-2)22-14-17(23)21-13-15-8-10-16(24-3)11-9-15/h8-11H,4-7,12-14H2,1-3H3,(H,21,23)(H2,19,20,22). The number of rotatable bonds is 10. The fourth-order valence-corrected chi connectivity index (χ4v) is 2.07. The molecule has 0 unspecified atom stereocenters. The first-order valence-corrected chi connectivity index (χ1v) is 8.61. The Morgan fingerprint density at radius 2 is 1.83 bits per heavy atom. The van der Waals surface area contributed by atoms with Crippen LogP contribution in [-0.2, 0) is 11.3 Å². The molecule has 0 heterocycles. The minimum Gasteiger partial charge on any atom is -0.497 e. The molecule has 0 aliphatic heterocycles. The largest absolute Gasteiger partial charge is 0.497 e. The fraction of sp³-hybridized carbons (Fsp3) is 0.556. The zero-order valence-electron chi connectivity index (χ0n) is 15.0. The van der Waals surface area contributed by atoms with Crippen molar-refractivity contribution in [2.45, 2.75) is 39.7 Å². The quantitative estimate of drug-likeness (QED) is 0.348. The van der Waals surface area contributed by atoms with Gasteiger partial charge in [0.25, 0.3) is 0 Å². The lowest BCUT2D eigenvalue weighted by Crippen LogP contribution is -2.38. The van der Waals surface area contributed by atoms with Gasteiger partial charge in [-0.2, -0.15) is 0 Å². The number of benzene rings is 1. The number of nitrogens with zero attached hydrogens (tertiary/aromatic N) is 1. The first-order chi connectivity index (χ1) is 11.7. The number of nitrogens with one attached hydrogen (secondary N) is 3. The van der Waals surface area contributed by atoms with Gasteiger partial charge in [0.1, 0.15) is 12.3 Å². The Bertz CT molecular complexity index is 500. The summed E-state index contributed by atoms with van der Waals surface area (Å²) in [6.45, 7) is 6.41. The molecule has 6 nitrogen and oxygen atoms in total. The van der Waals surface area contributed by atoms with Gasteiger partial charge < -0.3 is 20.7 Å². The van der Waals surface area contributed by atoms with E-state index in [1.165, 1.54) is 12.8 Å². The molecule has 0 radical (unpaired) electrons. The maximum atomic E-state index is 11.9. The summed E-state index contributed by atoms with van der Waals surface area (Å²) in [5.41, 5.74) is 1.03. The van der Waals surface area contributed by atoms with Crippen molar-refractivity contribution in [3.8, 4) is 5.75 Å². The van der Waals surface area contributed by atoms with Crippen molar-refractivity contribution in [2.75, 3.05) is 26.7 Å². The van der Waals surface area contributed by atoms with Crippen molar-refractivity contribution >= 4 is 11.9 Å². The number of hydrogen-bond acceptors (Lipinski definition) is 3. The molecule has 1 amide bonds. The van der Waals surface area contributed by atoms with E-state index >= 15 is 0 Å². The Morgan fingerprint density at radius 1 is 1.08 bits per heavy atom. The van der Waals surface area contributed by atoms with Crippen LogP contribution in [0.2, 0.25) is 0 Å². The second-order valence-electron chi connectivity index (χ2n) is 5.45. The SMILES string of the molecule is CCCCCNC(=NCC(=O)NCc1ccc(OC)cc1)NCC. The first-order valence-electron chi connectivity index (χ1n) is 8.61. The van der Waals surface area contributed by atoms with E-state index in [1.807, 2.05) is 31.2 Å². The zero-order valence-corrected chi connectivity index (χ0v) is 15.0. The summed E-state index contributed by atoms with van der Waals surface area (Å²) in [6.07, 6.45) is 3.47. The summed E-state index contributed by atoms with van der Waals surface area (Å²) in [5.74, 6) is 1.39. The van der Waals surface area contributed by atoms with Crippen LogP contribution in [0.5, 0.6) is 5.75 Å². The molecule has 1 aromatic rings. The van der Waals surface area contributed by atoms with Crippen LogP contribution in [0, 0.1) is 0 Å². The third kappa shape index (κ3) is 8.41. The average Bonchev–Trinajstić information content (AvgIpc) is 2.61. The molecule has 6 heteroatoms. The highest BCUT2D eigenvalue weighted by Gasteiger charge is 2.02. The highest BCUT2D eigenvalue weighted by molar-refractivity contribution is 5.84. The Hall–Kier alpha value is -2.24. The van der Waals surface area contributed by atoms with E-state index in [-0.39, 0.29) is 12.5 Å². The smallest absolute Gasteiger partial charge is 0.242 e. The summed E-state index contributed by atoms with van der Waals surface area (Å²) in [4.78, 5) is 16.2. The van der Waals surface area contributed by atoms with Crippen LogP contribution in [0.3, 0.4) is 0 Å². The van der Waals surface area contributed by atoms with Crippen LogP contribution in [-0.4, -0.2) is 38.6 Å². The molecule has 134 valence electrons. The zero-order chi connectivity index (χ0) is 17.6. The van der Waals surface area contributed by atoms with E-state index in [9.17, 15) is 4.79 Å². The lowest BCUT2D eigenvalue weighted by Gasteiger charge is -2.11. The molecular weight excluding hydrogens is 304 g/mol. The number of carbonyl (C=O) groups excluding carboxylic acids is 1. The molecule has 0 spiro atoms. The molecule has 0 fully saturated rings. The van der Waals surface area contributed by atoms with Crippen molar-refractivity contribution in [3.05, 3.63) is 29.8 Å². The van der Waals surface area contributed by atoms with E-state index in [1.54, 1.807) is 7.11 Å². The predicted molar refractivity (Wildman–Crippen MR) is 98.3 cm³/mol. The average molecular weight is 334 g/mol. The highest BCUT2D eigenvalue weighted by atomic mass is 16.5. The molecule has 3 N–H and O–H groups in total. The predicted octanol–water partition coefficient (Wildman–Crippen LogP) is 2.06. The van der Waals surface area contributed by atoms with Gasteiger partial charge in [0.05, 0.1) is 7.11 Å². The maximum Gasteiger partial charge on any atom is 0.242 e. The summed E-state index contributed by atoms with van der Waals surface area (Å²) in [7, 11) is 1.63. The van der Waals surface area contributed by atoms with Crippen LogP contribution < -0.4 is 20.7 Å². The molecule has 0 bridgehead atoms. The molecular formula is C18H30N4O2. The second kappa shape index (κ2) is 12.2. The Kier molecular flexibility index (Phi) is 10.1. The topological polar surface area (TPSA) is 74.8 Å². The molecule has 0 aliphatic carbocycles. The van der Waals surface area contributed by atoms with Crippen molar-refractivity contribution in [2.24, 2.45) is 4.99 Å². The normalized spacial score (nSPS) is 11.0. The first kappa shape index (κ1) is 19.8. The molecule has 0 aromatic heterocycles. The van der Waals surface area contributed by atoms with Gasteiger partial charge in [-0.25, -0.2) is 4.99 Å². The van der Waals surface area contributed by atoms with E-state index in [0.29, 0.717) is 12.5 Å². The number of carbonyl (C=O) groups is 1. The molecule has 1 aromatic carbocycles. The summed E-state index contributed by atoms with van der Waals surface area (Å²) >= 11 is 0. The van der Waals surface area contributed by atoms with Crippen LogP contribution in [0.4, 0.5) is 0 Å². The van der Waals surface area contributed by atoms with Gasteiger partial charge in [-0.15, -0.1) is 0 Å². The van der Waals surface area contributed by atoms with Gasteiger partial charge in [0.15, 0.2) is 5.96 Å². The highest BCUT2D eigenvalue weighted by Crippen LogP contribution is 2.10. The van der Waals surface area contributed by atoms with Gasteiger partial charge in [0.2, 0.25) is 5.91 Å². The maximum absolute atomic E-state index is 11.9. The van der Waals surface area contributed by atoms with E-state index < -0.39 is 0 Å². The van der Waals surface area contributed by atoms with Gasteiger partial charge in [-0.1, -0.05) is 31.9 Å². The van der Waals surface area contributed by atoms with Gasteiger partial charge in [-0.05, 0) is 31.0 Å². The lowest BCUT2D eigenvalue weighted by atomic mass is 10.2. The monoisotopic (exact) mass is 334 g/mol. The molecule has 1 rings (SSSR count). The summed E-state index contributed by atoms with van der Waals surface area (Å²) in [6, 6.07) is 7.62. The van der Waals surface area contributed by atoms with Crippen LogP contribution in [0.1, 0.15) is 38.7 Å². The Morgan fingerprint density at radius 3 is 2.46 bits per heavy atom. The molecule has 0 aliphatic rings. The van der Waals surface area contributed by atoms with Gasteiger partial charge >= 0.3 is 0 Å². The van der Waals surface area contributed by atoms with Crippen molar-refractivity contribution in [1.29, 1.82) is 0 Å². The van der Waals surface area contributed by atoms with Crippen molar-refractivity contribution < 1.29 is 9.53 Å². The Labute approximate surface area is 145 Å².